The minimum atomic E-state index is -0.554. The standard InChI is InChI=1S/C16H27NO3/c1-13(2)11-17(9-10-19-3)12-15(18)14-7-5-6-8-16(14)20-4/h5-8,13,15,18H,9-12H2,1-4H3. The Labute approximate surface area is 122 Å². The topological polar surface area (TPSA) is 41.9 Å². The highest BCUT2D eigenvalue weighted by Gasteiger charge is 2.17. The maximum absolute atomic E-state index is 10.5. The molecule has 20 heavy (non-hydrogen) atoms. The van der Waals surface area contributed by atoms with Crippen molar-refractivity contribution >= 4 is 0 Å². The maximum Gasteiger partial charge on any atom is 0.124 e. The Morgan fingerprint density at radius 1 is 1.15 bits per heavy atom. The molecule has 1 aromatic rings. The van der Waals surface area contributed by atoms with Gasteiger partial charge in [0.1, 0.15) is 5.75 Å². The number of hydrogen-bond donors (Lipinski definition) is 1. The molecule has 1 atom stereocenters. The van der Waals surface area contributed by atoms with Gasteiger partial charge in [0, 0.05) is 32.3 Å². The fourth-order valence-corrected chi connectivity index (χ4v) is 2.28. The molecule has 0 aliphatic rings. The van der Waals surface area contributed by atoms with Crippen molar-refractivity contribution in [3.05, 3.63) is 29.8 Å². The van der Waals surface area contributed by atoms with Crippen LogP contribution in [0, 0.1) is 5.92 Å². The summed E-state index contributed by atoms with van der Waals surface area (Å²) < 4.78 is 10.4. The van der Waals surface area contributed by atoms with Crippen LogP contribution in [-0.4, -0.2) is 50.5 Å². The number of benzene rings is 1. The van der Waals surface area contributed by atoms with E-state index in [1.165, 1.54) is 0 Å². The third kappa shape index (κ3) is 5.49. The monoisotopic (exact) mass is 281 g/mol. The summed E-state index contributed by atoms with van der Waals surface area (Å²) in [4.78, 5) is 2.23. The van der Waals surface area contributed by atoms with E-state index in [2.05, 4.69) is 18.7 Å². The average molecular weight is 281 g/mol. The number of para-hydroxylation sites is 1. The highest BCUT2D eigenvalue weighted by atomic mass is 16.5. The zero-order valence-corrected chi connectivity index (χ0v) is 13.0. The molecule has 0 amide bonds. The summed E-state index contributed by atoms with van der Waals surface area (Å²) in [6, 6.07) is 7.61. The lowest BCUT2D eigenvalue weighted by Gasteiger charge is -2.27. The lowest BCUT2D eigenvalue weighted by atomic mass is 10.1. The van der Waals surface area contributed by atoms with E-state index in [0.717, 1.165) is 24.4 Å². The number of aliphatic hydroxyl groups excluding tert-OH is 1. The minimum Gasteiger partial charge on any atom is -0.496 e. The van der Waals surface area contributed by atoms with Crippen LogP contribution in [0.2, 0.25) is 0 Å². The molecule has 114 valence electrons. The summed E-state index contributed by atoms with van der Waals surface area (Å²) in [6.07, 6.45) is -0.554. The molecule has 0 fully saturated rings. The van der Waals surface area contributed by atoms with Crippen molar-refractivity contribution < 1.29 is 14.6 Å². The quantitative estimate of drug-likeness (QED) is 0.754. The SMILES string of the molecule is COCCN(CC(C)C)CC(O)c1ccccc1OC. The summed E-state index contributed by atoms with van der Waals surface area (Å²) in [5.41, 5.74) is 0.834. The molecule has 0 aromatic heterocycles. The molecule has 4 heteroatoms. The van der Waals surface area contributed by atoms with Crippen LogP contribution >= 0.6 is 0 Å². The van der Waals surface area contributed by atoms with Gasteiger partial charge in [-0.1, -0.05) is 32.0 Å². The molecule has 1 aromatic carbocycles. The normalized spacial score (nSPS) is 12.9. The van der Waals surface area contributed by atoms with Crippen molar-refractivity contribution in [2.24, 2.45) is 5.92 Å². The van der Waals surface area contributed by atoms with Gasteiger partial charge in [-0.25, -0.2) is 0 Å². The molecule has 0 saturated carbocycles. The third-order valence-corrected chi connectivity index (χ3v) is 3.16. The van der Waals surface area contributed by atoms with Gasteiger partial charge in [0.05, 0.1) is 19.8 Å². The van der Waals surface area contributed by atoms with Gasteiger partial charge in [0.15, 0.2) is 0 Å². The van der Waals surface area contributed by atoms with Crippen molar-refractivity contribution in [1.82, 2.24) is 4.90 Å². The summed E-state index contributed by atoms with van der Waals surface area (Å²) in [6.45, 7) is 7.37. The third-order valence-electron chi connectivity index (χ3n) is 3.16. The van der Waals surface area contributed by atoms with Gasteiger partial charge in [0.2, 0.25) is 0 Å². The number of ether oxygens (including phenoxy) is 2. The highest BCUT2D eigenvalue weighted by Crippen LogP contribution is 2.25. The van der Waals surface area contributed by atoms with Gasteiger partial charge >= 0.3 is 0 Å². The van der Waals surface area contributed by atoms with E-state index in [1.54, 1.807) is 14.2 Å². The van der Waals surface area contributed by atoms with Crippen LogP contribution in [-0.2, 0) is 4.74 Å². The zero-order valence-electron chi connectivity index (χ0n) is 13.0. The number of aliphatic hydroxyl groups is 1. The Morgan fingerprint density at radius 2 is 1.85 bits per heavy atom. The van der Waals surface area contributed by atoms with E-state index in [0.29, 0.717) is 19.1 Å². The largest absolute Gasteiger partial charge is 0.496 e. The fourth-order valence-electron chi connectivity index (χ4n) is 2.28. The van der Waals surface area contributed by atoms with E-state index in [1.807, 2.05) is 24.3 Å². The van der Waals surface area contributed by atoms with Gasteiger partial charge in [-0.3, -0.25) is 4.90 Å². The van der Waals surface area contributed by atoms with Gasteiger partial charge < -0.3 is 14.6 Å². The first-order valence-corrected chi connectivity index (χ1v) is 7.10. The van der Waals surface area contributed by atoms with Crippen LogP contribution in [0.25, 0.3) is 0 Å². The highest BCUT2D eigenvalue weighted by molar-refractivity contribution is 5.35. The van der Waals surface area contributed by atoms with Crippen molar-refractivity contribution in [2.45, 2.75) is 20.0 Å². The summed E-state index contributed by atoms with van der Waals surface area (Å²) in [5, 5.41) is 10.5. The van der Waals surface area contributed by atoms with E-state index in [-0.39, 0.29) is 0 Å². The number of nitrogens with zero attached hydrogens (tertiary/aromatic N) is 1. The van der Waals surface area contributed by atoms with Crippen LogP contribution in [0.15, 0.2) is 24.3 Å². The Balaban J connectivity index is 2.70. The predicted octanol–water partition coefficient (Wildman–Crippen LogP) is 2.33. The molecule has 0 aliphatic carbocycles. The van der Waals surface area contributed by atoms with Crippen LogP contribution in [0.5, 0.6) is 5.75 Å². The molecule has 0 heterocycles. The molecule has 4 nitrogen and oxygen atoms in total. The first-order valence-electron chi connectivity index (χ1n) is 7.10. The van der Waals surface area contributed by atoms with Gasteiger partial charge in [0.25, 0.3) is 0 Å². The fraction of sp³-hybridized carbons (Fsp3) is 0.625. The van der Waals surface area contributed by atoms with E-state index in [9.17, 15) is 5.11 Å². The number of rotatable bonds is 9. The first-order chi connectivity index (χ1) is 9.58. The van der Waals surface area contributed by atoms with E-state index in [4.69, 9.17) is 9.47 Å². The molecule has 0 bridgehead atoms. The Kier molecular flexibility index (Phi) is 7.59. The lowest BCUT2D eigenvalue weighted by molar-refractivity contribution is 0.0811. The van der Waals surface area contributed by atoms with Crippen molar-refractivity contribution in [2.75, 3.05) is 40.5 Å². The smallest absolute Gasteiger partial charge is 0.124 e. The molecule has 1 rings (SSSR count). The summed E-state index contributed by atoms with van der Waals surface area (Å²) in [5.74, 6) is 1.29. The second-order valence-electron chi connectivity index (χ2n) is 5.40. The van der Waals surface area contributed by atoms with E-state index >= 15 is 0 Å². The van der Waals surface area contributed by atoms with Gasteiger partial charge in [-0.2, -0.15) is 0 Å². The number of methoxy groups -OCH3 is 2. The molecule has 0 aliphatic heterocycles. The molecule has 0 saturated heterocycles. The Morgan fingerprint density at radius 3 is 2.45 bits per heavy atom. The van der Waals surface area contributed by atoms with Crippen molar-refractivity contribution in [3.63, 3.8) is 0 Å². The van der Waals surface area contributed by atoms with Crippen LogP contribution < -0.4 is 4.74 Å². The molecule has 1 N–H and O–H groups in total. The predicted molar refractivity (Wildman–Crippen MR) is 81.1 cm³/mol. The summed E-state index contributed by atoms with van der Waals surface area (Å²) >= 11 is 0. The van der Waals surface area contributed by atoms with Crippen molar-refractivity contribution in [1.29, 1.82) is 0 Å². The van der Waals surface area contributed by atoms with Crippen LogP contribution in [0.4, 0.5) is 0 Å². The minimum absolute atomic E-state index is 0.553. The molecule has 0 radical (unpaired) electrons. The van der Waals surface area contributed by atoms with Crippen LogP contribution in [0.3, 0.4) is 0 Å². The molecular formula is C16H27NO3. The zero-order chi connectivity index (χ0) is 15.0. The van der Waals surface area contributed by atoms with Crippen LogP contribution in [0.1, 0.15) is 25.5 Å². The second-order valence-corrected chi connectivity index (χ2v) is 5.40. The number of hydrogen-bond acceptors (Lipinski definition) is 4. The van der Waals surface area contributed by atoms with Gasteiger partial charge in [-0.15, -0.1) is 0 Å². The second kappa shape index (κ2) is 8.95. The van der Waals surface area contributed by atoms with E-state index < -0.39 is 6.10 Å². The Bertz CT molecular complexity index is 382. The Hall–Kier alpha value is -1.10. The van der Waals surface area contributed by atoms with Gasteiger partial charge in [-0.05, 0) is 12.0 Å². The lowest BCUT2D eigenvalue weighted by Crippen LogP contribution is -2.34. The summed E-state index contributed by atoms with van der Waals surface area (Å²) in [7, 11) is 3.33. The maximum atomic E-state index is 10.5. The first kappa shape index (κ1) is 17.0. The van der Waals surface area contributed by atoms with Crippen molar-refractivity contribution in [3.8, 4) is 5.75 Å². The average Bonchev–Trinajstić information content (AvgIpc) is 2.44. The molecular weight excluding hydrogens is 254 g/mol. The molecule has 0 spiro atoms. The molecule has 1 unspecified atom stereocenters.